The molecule has 4 aromatic rings. The van der Waals surface area contributed by atoms with Crippen LogP contribution in [0.25, 0.3) is 27.6 Å². The molecular formula is C16H8ClFN4O2. The summed E-state index contributed by atoms with van der Waals surface area (Å²) < 4.78 is 13.4. The molecule has 24 heavy (non-hydrogen) atoms. The number of rotatable bonds is 2. The van der Waals surface area contributed by atoms with Crippen molar-refractivity contribution in [3.63, 3.8) is 0 Å². The number of hydrogen-bond acceptors (Lipinski definition) is 4. The number of fused-ring (bicyclic) bond motifs is 3. The Morgan fingerprint density at radius 1 is 1.12 bits per heavy atom. The first-order chi connectivity index (χ1) is 11.5. The fourth-order valence-electron chi connectivity index (χ4n) is 2.55. The first-order valence-corrected chi connectivity index (χ1v) is 7.26. The van der Waals surface area contributed by atoms with Crippen molar-refractivity contribution in [2.45, 2.75) is 0 Å². The summed E-state index contributed by atoms with van der Waals surface area (Å²) in [5.74, 6) is -1.56. The van der Waals surface area contributed by atoms with Crippen molar-refractivity contribution >= 4 is 39.5 Å². The average Bonchev–Trinajstić information content (AvgIpc) is 2.98. The smallest absolute Gasteiger partial charge is 0.336 e. The van der Waals surface area contributed by atoms with Crippen LogP contribution in [0.15, 0.2) is 42.5 Å². The highest BCUT2D eigenvalue weighted by Crippen LogP contribution is 2.28. The SMILES string of the molecule is O=C(O)c1cc(Cl)nc2ccc3nn(-c4cccc(F)c4)nc3c12. The summed E-state index contributed by atoms with van der Waals surface area (Å²) in [7, 11) is 0. The zero-order chi connectivity index (χ0) is 16.8. The van der Waals surface area contributed by atoms with Crippen molar-refractivity contribution < 1.29 is 14.3 Å². The Labute approximate surface area is 139 Å². The Balaban J connectivity index is 2.06. The minimum atomic E-state index is -1.14. The largest absolute Gasteiger partial charge is 0.478 e. The molecule has 6 nitrogen and oxygen atoms in total. The van der Waals surface area contributed by atoms with Gasteiger partial charge in [-0.05, 0) is 30.3 Å². The van der Waals surface area contributed by atoms with E-state index in [1.54, 1.807) is 24.3 Å². The van der Waals surface area contributed by atoms with Gasteiger partial charge in [0.15, 0.2) is 0 Å². The number of pyridine rings is 1. The van der Waals surface area contributed by atoms with Gasteiger partial charge in [-0.1, -0.05) is 17.7 Å². The first-order valence-electron chi connectivity index (χ1n) is 6.88. The predicted molar refractivity (Wildman–Crippen MR) is 86.1 cm³/mol. The van der Waals surface area contributed by atoms with Gasteiger partial charge in [0.1, 0.15) is 22.0 Å². The van der Waals surface area contributed by atoms with Gasteiger partial charge in [0.05, 0.1) is 16.8 Å². The molecule has 0 aliphatic heterocycles. The van der Waals surface area contributed by atoms with Gasteiger partial charge in [0.25, 0.3) is 0 Å². The summed E-state index contributed by atoms with van der Waals surface area (Å²) >= 11 is 5.88. The zero-order valence-electron chi connectivity index (χ0n) is 11.9. The Hall–Kier alpha value is -3.06. The molecule has 4 rings (SSSR count). The molecule has 0 saturated heterocycles. The molecule has 0 atom stereocenters. The fraction of sp³-hybridized carbons (Fsp3) is 0. The topological polar surface area (TPSA) is 80.9 Å². The Morgan fingerprint density at radius 2 is 1.92 bits per heavy atom. The quantitative estimate of drug-likeness (QED) is 0.564. The monoisotopic (exact) mass is 342 g/mol. The summed E-state index contributed by atoms with van der Waals surface area (Å²) in [6.07, 6.45) is 0. The van der Waals surface area contributed by atoms with Crippen LogP contribution in [0.4, 0.5) is 4.39 Å². The number of hydrogen-bond donors (Lipinski definition) is 1. The highest BCUT2D eigenvalue weighted by Gasteiger charge is 2.17. The number of benzene rings is 2. The van der Waals surface area contributed by atoms with E-state index in [2.05, 4.69) is 15.2 Å². The van der Waals surface area contributed by atoms with E-state index in [1.165, 1.54) is 23.0 Å². The van der Waals surface area contributed by atoms with Gasteiger partial charge >= 0.3 is 5.97 Å². The highest BCUT2D eigenvalue weighted by atomic mass is 35.5. The molecule has 118 valence electrons. The van der Waals surface area contributed by atoms with E-state index in [0.29, 0.717) is 27.6 Å². The molecule has 0 aliphatic rings. The molecule has 2 heterocycles. The summed E-state index contributed by atoms with van der Waals surface area (Å²) in [6, 6.07) is 10.4. The molecule has 2 aromatic heterocycles. The van der Waals surface area contributed by atoms with Gasteiger partial charge in [-0.25, -0.2) is 14.2 Å². The van der Waals surface area contributed by atoms with E-state index < -0.39 is 11.8 Å². The number of aromatic nitrogens is 4. The van der Waals surface area contributed by atoms with Gasteiger partial charge in [0.2, 0.25) is 0 Å². The number of aromatic carboxylic acids is 1. The molecule has 2 aromatic carbocycles. The Kier molecular flexibility index (Phi) is 3.17. The minimum Gasteiger partial charge on any atom is -0.478 e. The van der Waals surface area contributed by atoms with E-state index >= 15 is 0 Å². The molecule has 0 saturated carbocycles. The third-order valence-electron chi connectivity index (χ3n) is 3.56. The van der Waals surface area contributed by atoms with Crippen molar-refractivity contribution in [1.29, 1.82) is 0 Å². The second-order valence-electron chi connectivity index (χ2n) is 5.09. The normalized spacial score (nSPS) is 11.2. The van der Waals surface area contributed by atoms with Crippen LogP contribution >= 0.6 is 11.6 Å². The van der Waals surface area contributed by atoms with Crippen LogP contribution in [-0.2, 0) is 0 Å². The van der Waals surface area contributed by atoms with Crippen LogP contribution in [0.5, 0.6) is 0 Å². The number of nitrogens with zero attached hydrogens (tertiary/aromatic N) is 4. The van der Waals surface area contributed by atoms with Crippen molar-refractivity contribution in [1.82, 2.24) is 20.0 Å². The molecule has 0 aliphatic carbocycles. The van der Waals surface area contributed by atoms with Gasteiger partial charge in [-0.2, -0.15) is 4.80 Å². The van der Waals surface area contributed by atoms with E-state index in [9.17, 15) is 14.3 Å². The molecule has 0 spiro atoms. The summed E-state index contributed by atoms with van der Waals surface area (Å²) in [6.45, 7) is 0. The third kappa shape index (κ3) is 2.26. The summed E-state index contributed by atoms with van der Waals surface area (Å²) in [4.78, 5) is 16.9. The lowest BCUT2D eigenvalue weighted by atomic mass is 10.1. The van der Waals surface area contributed by atoms with E-state index in [1.807, 2.05) is 0 Å². The first kappa shape index (κ1) is 14.5. The fourth-order valence-corrected chi connectivity index (χ4v) is 2.75. The number of carboxylic acid groups (broad SMARTS) is 1. The molecular weight excluding hydrogens is 335 g/mol. The number of carboxylic acids is 1. The number of halogens is 2. The highest BCUT2D eigenvalue weighted by molar-refractivity contribution is 6.30. The molecule has 0 bridgehead atoms. The second-order valence-corrected chi connectivity index (χ2v) is 5.48. The maximum absolute atomic E-state index is 13.4. The van der Waals surface area contributed by atoms with Crippen LogP contribution in [0.2, 0.25) is 5.15 Å². The standard InChI is InChI=1S/C16H8ClFN4O2/c17-13-7-10(16(23)24)14-11(19-13)4-5-12-15(14)21-22(20-12)9-3-1-2-8(18)6-9/h1-7H,(H,23,24). The molecule has 0 amide bonds. The average molecular weight is 343 g/mol. The van der Waals surface area contributed by atoms with Crippen LogP contribution in [0.3, 0.4) is 0 Å². The van der Waals surface area contributed by atoms with Crippen LogP contribution < -0.4 is 0 Å². The maximum Gasteiger partial charge on any atom is 0.336 e. The van der Waals surface area contributed by atoms with E-state index in [0.717, 1.165) is 0 Å². The van der Waals surface area contributed by atoms with Crippen molar-refractivity contribution in [2.75, 3.05) is 0 Å². The minimum absolute atomic E-state index is 0.0121. The van der Waals surface area contributed by atoms with Gasteiger partial charge in [-0.15, -0.1) is 10.2 Å². The van der Waals surface area contributed by atoms with E-state index in [-0.39, 0.29) is 10.7 Å². The molecule has 8 heteroatoms. The van der Waals surface area contributed by atoms with Gasteiger partial charge in [0, 0.05) is 11.5 Å². The number of carbonyl (C=O) groups is 1. The zero-order valence-corrected chi connectivity index (χ0v) is 12.7. The van der Waals surface area contributed by atoms with Gasteiger partial charge in [-0.3, -0.25) is 0 Å². The van der Waals surface area contributed by atoms with Crippen LogP contribution in [0, 0.1) is 5.82 Å². The Bertz CT molecular complexity index is 1130. The van der Waals surface area contributed by atoms with Crippen molar-refractivity contribution in [2.24, 2.45) is 0 Å². The summed E-state index contributed by atoms with van der Waals surface area (Å²) in [5.41, 5.74) is 1.65. The van der Waals surface area contributed by atoms with Gasteiger partial charge < -0.3 is 5.11 Å². The maximum atomic E-state index is 13.4. The lowest BCUT2D eigenvalue weighted by molar-refractivity contribution is 0.0699. The molecule has 1 N–H and O–H groups in total. The van der Waals surface area contributed by atoms with Crippen molar-refractivity contribution in [3.05, 3.63) is 59.0 Å². The summed E-state index contributed by atoms with van der Waals surface area (Å²) in [5, 5.41) is 18.5. The predicted octanol–water partition coefficient (Wildman–Crippen LogP) is 3.46. The van der Waals surface area contributed by atoms with Crippen molar-refractivity contribution in [3.8, 4) is 5.69 Å². The molecule has 0 fully saturated rings. The lowest BCUT2D eigenvalue weighted by Crippen LogP contribution is -2.00. The Morgan fingerprint density at radius 3 is 2.67 bits per heavy atom. The van der Waals surface area contributed by atoms with E-state index in [4.69, 9.17) is 11.6 Å². The second kappa shape index (κ2) is 5.24. The van der Waals surface area contributed by atoms with Crippen LogP contribution in [-0.4, -0.2) is 31.1 Å². The third-order valence-corrected chi connectivity index (χ3v) is 3.76. The van der Waals surface area contributed by atoms with Crippen LogP contribution in [0.1, 0.15) is 10.4 Å². The molecule has 0 radical (unpaired) electrons. The lowest BCUT2D eigenvalue weighted by Gasteiger charge is -2.03. The molecule has 0 unspecified atom stereocenters.